The minimum atomic E-state index is -0.818. The van der Waals surface area contributed by atoms with E-state index in [0.29, 0.717) is 12.8 Å². The van der Waals surface area contributed by atoms with Gasteiger partial charge in [-0.2, -0.15) is 9.94 Å². The zero-order valence-corrected chi connectivity index (χ0v) is 10.8. The predicted molar refractivity (Wildman–Crippen MR) is 66.2 cm³/mol. The molecule has 20 heavy (non-hydrogen) atoms. The fourth-order valence-corrected chi connectivity index (χ4v) is 2.32. The predicted octanol–water partition coefficient (Wildman–Crippen LogP) is 0.529. The van der Waals surface area contributed by atoms with Crippen LogP contribution in [0.1, 0.15) is 32.1 Å². The number of hydrogen-bond acceptors (Lipinski definition) is 6. The van der Waals surface area contributed by atoms with Crippen molar-refractivity contribution in [3.05, 3.63) is 16.4 Å². The highest BCUT2D eigenvalue weighted by Gasteiger charge is 2.33. The molecule has 1 aliphatic carbocycles. The van der Waals surface area contributed by atoms with E-state index in [9.17, 15) is 20.2 Å². The second kappa shape index (κ2) is 5.64. The normalized spacial score (nSPS) is 17.1. The average Bonchev–Trinajstić information content (AvgIpc) is 2.88. The second-order valence-corrected chi connectivity index (χ2v) is 4.80. The van der Waals surface area contributed by atoms with E-state index in [-0.39, 0.29) is 6.54 Å². The molecule has 0 atom stereocenters. The highest BCUT2D eigenvalue weighted by Crippen LogP contribution is 2.27. The van der Waals surface area contributed by atoms with Crippen LogP contribution in [0.2, 0.25) is 0 Å². The van der Waals surface area contributed by atoms with Crippen LogP contribution in [0.3, 0.4) is 0 Å². The Labute approximate surface area is 114 Å². The number of nitrogens with zero attached hydrogens (tertiary/aromatic N) is 5. The lowest BCUT2D eigenvalue weighted by molar-refractivity contribution is -0.394. The van der Waals surface area contributed by atoms with Crippen molar-refractivity contribution < 1.29 is 9.72 Å². The molecule has 0 radical (unpaired) electrons. The van der Waals surface area contributed by atoms with Gasteiger partial charge < -0.3 is 15.4 Å². The van der Waals surface area contributed by atoms with Crippen molar-refractivity contribution >= 4 is 11.9 Å². The van der Waals surface area contributed by atoms with Crippen LogP contribution in [-0.4, -0.2) is 31.1 Å². The van der Waals surface area contributed by atoms with Gasteiger partial charge in [-0.05, 0) is 17.8 Å². The van der Waals surface area contributed by atoms with Gasteiger partial charge in [-0.15, -0.1) is 0 Å². The third-order valence-corrected chi connectivity index (χ3v) is 3.29. The summed E-state index contributed by atoms with van der Waals surface area (Å²) in [7, 11) is 0. The van der Waals surface area contributed by atoms with Gasteiger partial charge in [0.05, 0.1) is 6.07 Å². The minimum Gasteiger partial charge on any atom is -0.390 e. The third kappa shape index (κ3) is 3.09. The molecular weight excluding hydrogens is 264 g/mol. The van der Waals surface area contributed by atoms with Crippen molar-refractivity contribution in [3.63, 3.8) is 0 Å². The van der Waals surface area contributed by atoms with Gasteiger partial charge in [0.2, 0.25) is 12.2 Å². The van der Waals surface area contributed by atoms with Crippen molar-refractivity contribution in [2.45, 2.75) is 44.2 Å². The Hall–Kier alpha value is -2.50. The highest BCUT2D eigenvalue weighted by molar-refractivity contribution is 5.77. The standard InChI is InChI=1S/C11H14N6O3/c12-7-11(4-2-1-3-5-11)14-9(18)6-16-8-13-10(15-16)17(19)20/h8H,1-6H2,(H,14,18). The molecule has 9 nitrogen and oxygen atoms in total. The van der Waals surface area contributed by atoms with E-state index < -0.39 is 22.3 Å². The summed E-state index contributed by atoms with van der Waals surface area (Å²) in [6.07, 6.45) is 5.26. The highest BCUT2D eigenvalue weighted by atomic mass is 16.6. The molecule has 1 fully saturated rings. The molecule has 1 heterocycles. The maximum atomic E-state index is 11.9. The summed E-state index contributed by atoms with van der Waals surface area (Å²) in [5.74, 6) is -0.946. The van der Waals surface area contributed by atoms with Crippen LogP contribution in [0, 0.1) is 21.4 Å². The molecular formula is C11H14N6O3. The van der Waals surface area contributed by atoms with Crippen LogP contribution < -0.4 is 5.32 Å². The van der Waals surface area contributed by atoms with Gasteiger partial charge in [-0.25, -0.2) is 0 Å². The van der Waals surface area contributed by atoms with Gasteiger partial charge in [-0.3, -0.25) is 4.79 Å². The smallest absolute Gasteiger partial charge is 0.390 e. The van der Waals surface area contributed by atoms with Gasteiger partial charge >= 0.3 is 5.95 Å². The Morgan fingerprint density at radius 3 is 2.80 bits per heavy atom. The number of carbonyl (C=O) groups excluding carboxylic acids is 1. The van der Waals surface area contributed by atoms with Crippen LogP contribution >= 0.6 is 0 Å². The number of nitro groups is 1. The number of carbonyl (C=O) groups is 1. The Morgan fingerprint density at radius 1 is 1.55 bits per heavy atom. The van der Waals surface area contributed by atoms with Crippen molar-refractivity contribution in [3.8, 4) is 6.07 Å². The molecule has 1 N–H and O–H groups in total. The Kier molecular flexibility index (Phi) is 3.93. The average molecular weight is 278 g/mol. The molecule has 1 aromatic heterocycles. The fourth-order valence-electron chi connectivity index (χ4n) is 2.32. The van der Waals surface area contributed by atoms with Gasteiger partial charge in [0.15, 0.2) is 0 Å². The Balaban J connectivity index is 1.97. The van der Waals surface area contributed by atoms with Crippen LogP contribution in [0.25, 0.3) is 0 Å². The van der Waals surface area contributed by atoms with Gasteiger partial charge in [0, 0.05) is 5.10 Å². The maximum Gasteiger partial charge on any atom is 0.490 e. The first kappa shape index (κ1) is 13.9. The Morgan fingerprint density at radius 2 is 2.25 bits per heavy atom. The largest absolute Gasteiger partial charge is 0.490 e. The van der Waals surface area contributed by atoms with Gasteiger partial charge in [0.25, 0.3) is 0 Å². The molecule has 0 spiro atoms. The number of nitrogens with one attached hydrogen (secondary N) is 1. The molecule has 1 aromatic rings. The van der Waals surface area contributed by atoms with E-state index >= 15 is 0 Å². The summed E-state index contributed by atoms with van der Waals surface area (Å²) in [5.41, 5.74) is -0.818. The number of nitriles is 1. The lowest BCUT2D eigenvalue weighted by Crippen LogP contribution is -2.49. The van der Waals surface area contributed by atoms with Gasteiger partial charge in [0.1, 0.15) is 12.1 Å². The zero-order chi connectivity index (χ0) is 14.6. The molecule has 1 aliphatic rings. The van der Waals surface area contributed by atoms with Crippen molar-refractivity contribution in [2.24, 2.45) is 0 Å². The molecule has 0 bridgehead atoms. The summed E-state index contributed by atoms with van der Waals surface area (Å²) >= 11 is 0. The lowest BCUT2D eigenvalue weighted by atomic mass is 9.83. The summed E-state index contributed by atoms with van der Waals surface area (Å²) in [5, 5.41) is 25.9. The number of aromatic nitrogens is 3. The lowest BCUT2D eigenvalue weighted by Gasteiger charge is -2.31. The topological polar surface area (TPSA) is 127 Å². The zero-order valence-electron chi connectivity index (χ0n) is 10.8. The monoisotopic (exact) mass is 278 g/mol. The van der Waals surface area contributed by atoms with E-state index in [1.807, 2.05) is 0 Å². The SMILES string of the molecule is N#CC1(NC(=O)Cn2cnc([N+](=O)[O-])n2)CCCCC1. The van der Waals surface area contributed by atoms with Crippen LogP contribution in [0.4, 0.5) is 5.95 Å². The van der Waals surface area contributed by atoms with Crippen LogP contribution in [-0.2, 0) is 11.3 Å². The molecule has 2 rings (SSSR count). The molecule has 0 aromatic carbocycles. The van der Waals surface area contributed by atoms with Crippen LogP contribution in [0.5, 0.6) is 0 Å². The number of amides is 1. The summed E-state index contributed by atoms with van der Waals surface area (Å²) in [4.78, 5) is 25.1. The second-order valence-electron chi connectivity index (χ2n) is 4.80. The molecule has 0 saturated heterocycles. The first-order valence-electron chi connectivity index (χ1n) is 6.31. The summed E-state index contributed by atoms with van der Waals surface area (Å²) in [6, 6.07) is 2.17. The van der Waals surface area contributed by atoms with E-state index in [4.69, 9.17) is 0 Å². The van der Waals surface area contributed by atoms with E-state index in [0.717, 1.165) is 30.3 Å². The molecule has 9 heteroatoms. The molecule has 0 unspecified atom stereocenters. The van der Waals surface area contributed by atoms with Crippen LogP contribution in [0.15, 0.2) is 6.33 Å². The van der Waals surface area contributed by atoms with Crippen molar-refractivity contribution in [2.75, 3.05) is 0 Å². The van der Waals surface area contributed by atoms with Crippen molar-refractivity contribution in [1.29, 1.82) is 5.26 Å². The quantitative estimate of drug-likeness (QED) is 0.632. The minimum absolute atomic E-state index is 0.190. The molecule has 106 valence electrons. The van der Waals surface area contributed by atoms with Crippen molar-refractivity contribution in [1.82, 2.24) is 20.1 Å². The summed E-state index contributed by atoms with van der Waals surface area (Å²) < 4.78 is 1.08. The first-order chi connectivity index (χ1) is 9.54. The first-order valence-corrected chi connectivity index (χ1v) is 6.31. The molecule has 1 amide bonds. The van der Waals surface area contributed by atoms with E-state index in [1.165, 1.54) is 0 Å². The maximum absolute atomic E-state index is 11.9. The summed E-state index contributed by atoms with van der Waals surface area (Å²) in [6.45, 7) is -0.190. The van der Waals surface area contributed by atoms with Gasteiger partial charge in [-0.1, -0.05) is 24.2 Å². The Bertz CT molecular complexity index is 555. The molecule has 0 aliphatic heterocycles. The molecule has 1 saturated carbocycles. The number of hydrogen-bond donors (Lipinski definition) is 1. The third-order valence-electron chi connectivity index (χ3n) is 3.29. The fraction of sp³-hybridized carbons (Fsp3) is 0.636. The number of rotatable bonds is 4. The van der Waals surface area contributed by atoms with E-state index in [2.05, 4.69) is 21.5 Å². The van der Waals surface area contributed by atoms with E-state index in [1.54, 1.807) is 0 Å².